The van der Waals surface area contributed by atoms with Crippen LogP contribution in [0.4, 0.5) is 0 Å². The van der Waals surface area contributed by atoms with Gasteiger partial charge in [-0.25, -0.2) is 0 Å². The van der Waals surface area contributed by atoms with Gasteiger partial charge in [-0.15, -0.1) is 0 Å². The zero-order valence-electron chi connectivity index (χ0n) is 10.9. The number of hydrogen-bond donors (Lipinski definition) is 1. The second kappa shape index (κ2) is 6.23. The fourth-order valence-corrected chi connectivity index (χ4v) is 1.36. The molecule has 1 atom stereocenters. The number of hydrogen-bond acceptors (Lipinski definition) is 3. The van der Waals surface area contributed by atoms with Crippen molar-refractivity contribution >= 4 is 5.78 Å². The van der Waals surface area contributed by atoms with Crippen LogP contribution in [-0.4, -0.2) is 24.2 Å². The summed E-state index contributed by atoms with van der Waals surface area (Å²) in [5.74, 6) is 0.674. The Morgan fingerprint density at radius 2 is 1.80 bits per heavy atom. The van der Waals surface area contributed by atoms with E-state index in [1.165, 1.54) is 0 Å². The molecule has 0 rings (SSSR count). The Morgan fingerprint density at radius 1 is 1.27 bits per heavy atom. The summed E-state index contributed by atoms with van der Waals surface area (Å²) < 4.78 is 5.63. The fourth-order valence-electron chi connectivity index (χ4n) is 1.36. The number of carbonyl (C=O) groups is 1. The SMILES string of the molecule is CC(C)CC(=O)CNC(C)OC(C)(C)C. The Labute approximate surface area is 93.6 Å². The van der Waals surface area contributed by atoms with Crippen LogP contribution in [0.1, 0.15) is 48.0 Å². The van der Waals surface area contributed by atoms with Gasteiger partial charge in [0.05, 0.1) is 12.1 Å². The van der Waals surface area contributed by atoms with E-state index >= 15 is 0 Å². The minimum atomic E-state index is -0.173. The molecule has 0 aliphatic rings. The van der Waals surface area contributed by atoms with Crippen LogP contribution in [-0.2, 0) is 9.53 Å². The minimum absolute atomic E-state index is 0.0823. The molecule has 0 aliphatic heterocycles. The number of carbonyl (C=O) groups excluding carboxylic acids is 1. The molecule has 0 fully saturated rings. The molecule has 0 aromatic heterocycles. The van der Waals surface area contributed by atoms with Crippen molar-refractivity contribution in [3.8, 4) is 0 Å². The van der Waals surface area contributed by atoms with Crippen LogP contribution in [0.25, 0.3) is 0 Å². The van der Waals surface area contributed by atoms with Gasteiger partial charge >= 0.3 is 0 Å². The third-order valence-electron chi connectivity index (χ3n) is 1.75. The lowest BCUT2D eigenvalue weighted by Crippen LogP contribution is -2.38. The third kappa shape index (κ3) is 9.88. The molecule has 0 aromatic rings. The van der Waals surface area contributed by atoms with Crippen molar-refractivity contribution in [2.24, 2.45) is 5.92 Å². The molecule has 1 unspecified atom stereocenters. The highest BCUT2D eigenvalue weighted by Gasteiger charge is 2.15. The third-order valence-corrected chi connectivity index (χ3v) is 1.75. The average Bonchev–Trinajstić information content (AvgIpc) is 1.96. The predicted octanol–water partition coefficient (Wildman–Crippen LogP) is 2.35. The first-order chi connectivity index (χ1) is 6.70. The molecule has 0 spiro atoms. The normalized spacial score (nSPS) is 14.3. The van der Waals surface area contributed by atoms with Crippen molar-refractivity contribution in [1.82, 2.24) is 5.32 Å². The van der Waals surface area contributed by atoms with E-state index in [0.29, 0.717) is 18.9 Å². The number of nitrogens with one attached hydrogen (secondary N) is 1. The monoisotopic (exact) mass is 215 g/mol. The van der Waals surface area contributed by atoms with Gasteiger partial charge in [-0.1, -0.05) is 13.8 Å². The van der Waals surface area contributed by atoms with Gasteiger partial charge in [-0.05, 0) is 33.6 Å². The van der Waals surface area contributed by atoms with Crippen molar-refractivity contribution in [3.63, 3.8) is 0 Å². The molecule has 0 heterocycles. The Hall–Kier alpha value is -0.410. The van der Waals surface area contributed by atoms with Crippen LogP contribution < -0.4 is 5.32 Å². The van der Waals surface area contributed by atoms with E-state index in [0.717, 1.165) is 0 Å². The summed E-state index contributed by atoms with van der Waals surface area (Å²) in [6, 6.07) is 0. The number of ketones is 1. The first-order valence-corrected chi connectivity index (χ1v) is 5.63. The van der Waals surface area contributed by atoms with Crippen LogP contribution in [0.3, 0.4) is 0 Å². The van der Waals surface area contributed by atoms with Gasteiger partial charge < -0.3 is 4.74 Å². The molecule has 0 saturated carbocycles. The summed E-state index contributed by atoms with van der Waals surface area (Å²) in [6.45, 7) is 12.4. The number of Topliss-reactive ketones (excluding diaryl/α,β-unsaturated/α-hetero) is 1. The second-order valence-electron chi connectivity index (χ2n) is 5.39. The molecule has 1 N–H and O–H groups in total. The minimum Gasteiger partial charge on any atom is -0.358 e. The quantitative estimate of drug-likeness (QED) is 0.691. The summed E-state index contributed by atoms with van der Waals surface area (Å²) in [6.07, 6.45) is 0.552. The van der Waals surface area contributed by atoms with Gasteiger partial charge in [0.2, 0.25) is 0 Å². The second-order valence-corrected chi connectivity index (χ2v) is 5.39. The highest BCUT2D eigenvalue weighted by atomic mass is 16.5. The number of ether oxygens (including phenoxy) is 1. The van der Waals surface area contributed by atoms with Crippen LogP contribution in [0.2, 0.25) is 0 Å². The highest BCUT2D eigenvalue weighted by Crippen LogP contribution is 2.09. The van der Waals surface area contributed by atoms with Crippen LogP contribution >= 0.6 is 0 Å². The van der Waals surface area contributed by atoms with Gasteiger partial charge in [-0.2, -0.15) is 0 Å². The van der Waals surface area contributed by atoms with E-state index in [-0.39, 0.29) is 17.6 Å². The summed E-state index contributed by atoms with van der Waals surface area (Å²) >= 11 is 0. The predicted molar refractivity (Wildman–Crippen MR) is 62.8 cm³/mol. The van der Waals surface area contributed by atoms with Crippen LogP contribution in [0, 0.1) is 5.92 Å². The van der Waals surface area contributed by atoms with E-state index in [4.69, 9.17) is 4.74 Å². The van der Waals surface area contributed by atoms with Crippen LogP contribution in [0.5, 0.6) is 0 Å². The van der Waals surface area contributed by atoms with Gasteiger partial charge in [0.1, 0.15) is 12.0 Å². The largest absolute Gasteiger partial charge is 0.358 e. The van der Waals surface area contributed by atoms with E-state index in [1.807, 2.05) is 41.5 Å². The summed E-state index contributed by atoms with van der Waals surface area (Å²) in [5, 5.41) is 3.07. The lowest BCUT2D eigenvalue weighted by atomic mass is 10.1. The first-order valence-electron chi connectivity index (χ1n) is 5.63. The zero-order chi connectivity index (χ0) is 12.1. The Bertz CT molecular complexity index is 194. The molecular formula is C12H25NO2. The lowest BCUT2D eigenvalue weighted by molar-refractivity contribution is -0.121. The van der Waals surface area contributed by atoms with Crippen LogP contribution in [0.15, 0.2) is 0 Å². The maximum atomic E-state index is 11.4. The van der Waals surface area contributed by atoms with E-state index < -0.39 is 0 Å². The summed E-state index contributed by atoms with van der Waals surface area (Å²) in [4.78, 5) is 11.4. The van der Waals surface area contributed by atoms with Gasteiger partial charge in [0.25, 0.3) is 0 Å². The van der Waals surface area contributed by atoms with E-state index in [9.17, 15) is 4.79 Å². The van der Waals surface area contributed by atoms with Gasteiger partial charge in [0, 0.05) is 6.42 Å². The van der Waals surface area contributed by atoms with Crippen molar-refractivity contribution in [3.05, 3.63) is 0 Å². The summed E-state index contributed by atoms with van der Waals surface area (Å²) in [5.41, 5.74) is -0.173. The van der Waals surface area contributed by atoms with Gasteiger partial charge in [-0.3, -0.25) is 10.1 Å². The smallest absolute Gasteiger partial charge is 0.146 e. The topological polar surface area (TPSA) is 38.3 Å². The Morgan fingerprint density at radius 3 is 2.20 bits per heavy atom. The Balaban J connectivity index is 3.71. The molecule has 3 nitrogen and oxygen atoms in total. The number of rotatable bonds is 6. The molecule has 15 heavy (non-hydrogen) atoms. The maximum absolute atomic E-state index is 11.4. The molecular weight excluding hydrogens is 190 g/mol. The molecule has 0 amide bonds. The van der Waals surface area contributed by atoms with E-state index in [1.54, 1.807) is 0 Å². The molecule has 0 aliphatic carbocycles. The molecule has 3 heteroatoms. The lowest BCUT2D eigenvalue weighted by Gasteiger charge is -2.25. The fraction of sp³-hybridized carbons (Fsp3) is 0.917. The molecule has 0 aromatic carbocycles. The average molecular weight is 215 g/mol. The van der Waals surface area contributed by atoms with Gasteiger partial charge in [0.15, 0.2) is 0 Å². The Kier molecular flexibility index (Phi) is 6.06. The zero-order valence-corrected chi connectivity index (χ0v) is 10.9. The van der Waals surface area contributed by atoms with Crippen molar-refractivity contribution in [2.45, 2.75) is 59.8 Å². The standard InChI is InChI=1S/C12H25NO2/c1-9(2)7-11(14)8-13-10(3)15-12(4,5)6/h9-10,13H,7-8H2,1-6H3. The van der Waals surface area contributed by atoms with Crippen molar-refractivity contribution < 1.29 is 9.53 Å². The van der Waals surface area contributed by atoms with Crippen molar-refractivity contribution in [1.29, 1.82) is 0 Å². The molecule has 0 bridgehead atoms. The first kappa shape index (κ1) is 14.6. The molecule has 90 valence electrons. The molecule has 0 radical (unpaired) electrons. The summed E-state index contributed by atoms with van der Waals surface area (Å²) in [7, 11) is 0. The van der Waals surface area contributed by atoms with Crippen molar-refractivity contribution in [2.75, 3.05) is 6.54 Å². The van der Waals surface area contributed by atoms with E-state index in [2.05, 4.69) is 5.32 Å². The molecule has 0 saturated heterocycles. The highest BCUT2D eigenvalue weighted by molar-refractivity contribution is 5.80. The maximum Gasteiger partial charge on any atom is 0.146 e.